The van der Waals surface area contributed by atoms with E-state index in [1.54, 1.807) is 0 Å². The van der Waals surface area contributed by atoms with Crippen LogP contribution in [0, 0.1) is 5.92 Å². The van der Waals surface area contributed by atoms with Gasteiger partial charge < -0.3 is 19.2 Å². The predicted molar refractivity (Wildman–Crippen MR) is 126 cm³/mol. The number of amides is 1. The third-order valence-electron chi connectivity index (χ3n) is 5.66. The van der Waals surface area contributed by atoms with Crippen molar-refractivity contribution in [2.75, 3.05) is 6.61 Å². The fourth-order valence-corrected chi connectivity index (χ4v) is 3.65. The topological polar surface area (TPSA) is 73.6 Å². The molecule has 1 saturated carbocycles. The lowest BCUT2D eigenvalue weighted by Crippen LogP contribution is -2.23. The SMILES string of the molecule is CC(=O)NC(C)c1ccc2nc(-c3cccc(Oc4ccc(OCC5CC5)cc4)c3)oc2c1. The summed E-state index contributed by atoms with van der Waals surface area (Å²) in [7, 11) is 0. The molecule has 1 unspecified atom stereocenters. The molecule has 5 rings (SSSR count). The van der Waals surface area contributed by atoms with Gasteiger partial charge in [-0.3, -0.25) is 4.79 Å². The van der Waals surface area contributed by atoms with Crippen LogP contribution in [0.1, 0.15) is 38.3 Å². The van der Waals surface area contributed by atoms with E-state index in [9.17, 15) is 4.79 Å². The molecule has 3 aromatic carbocycles. The highest BCUT2D eigenvalue weighted by molar-refractivity contribution is 5.78. The van der Waals surface area contributed by atoms with Gasteiger partial charge in [0.15, 0.2) is 5.58 Å². The van der Waals surface area contributed by atoms with Gasteiger partial charge in [0.2, 0.25) is 11.8 Å². The number of aromatic nitrogens is 1. The van der Waals surface area contributed by atoms with E-state index in [4.69, 9.17) is 13.9 Å². The van der Waals surface area contributed by atoms with Crippen LogP contribution >= 0.6 is 0 Å². The molecule has 1 N–H and O–H groups in total. The van der Waals surface area contributed by atoms with Gasteiger partial charge in [-0.2, -0.15) is 0 Å². The number of nitrogens with zero attached hydrogens (tertiary/aromatic N) is 1. The molecule has 0 saturated heterocycles. The van der Waals surface area contributed by atoms with E-state index < -0.39 is 0 Å². The number of oxazole rings is 1. The fourth-order valence-electron chi connectivity index (χ4n) is 3.65. The molecule has 0 radical (unpaired) electrons. The van der Waals surface area contributed by atoms with Crippen LogP contribution in [0.2, 0.25) is 0 Å². The van der Waals surface area contributed by atoms with Crippen LogP contribution in [0.3, 0.4) is 0 Å². The number of ether oxygens (including phenoxy) is 2. The average Bonchev–Trinajstić information content (AvgIpc) is 3.54. The van der Waals surface area contributed by atoms with Crippen molar-refractivity contribution >= 4 is 17.0 Å². The van der Waals surface area contributed by atoms with E-state index >= 15 is 0 Å². The maximum absolute atomic E-state index is 11.4. The van der Waals surface area contributed by atoms with Crippen LogP contribution in [0.4, 0.5) is 0 Å². The molecule has 168 valence electrons. The number of hydrogen-bond donors (Lipinski definition) is 1. The molecule has 4 aromatic rings. The van der Waals surface area contributed by atoms with Crippen LogP contribution in [0.15, 0.2) is 71.1 Å². The van der Waals surface area contributed by atoms with Gasteiger partial charge in [-0.15, -0.1) is 0 Å². The van der Waals surface area contributed by atoms with Crippen LogP contribution in [0.5, 0.6) is 17.2 Å². The first kappa shape index (κ1) is 21.1. The van der Waals surface area contributed by atoms with Crippen LogP contribution in [-0.4, -0.2) is 17.5 Å². The molecule has 6 heteroatoms. The highest BCUT2D eigenvalue weighted by Gasteiger charge is 2.21. The van der Waals surface area contributed by atoms with Gasteiger partial charge >= 0.3 is 0 Å². The molecule has 6 nitrogen and oxygen atoms in total. The van der Waals surface area contributed by atoms with E-state index in [-0.39, 0.29) is 11.9 Å². The lowest BCUT2D eigenvalue weighted by molar-refractivity contribution is -0.119. The highest BCUT2D eigenvalue weighted by atomic mass is 16.5. The molecule has 1 aliphatic carbocycles. The summed E-state index contributed by atoms with van der Waals surface area (Å²) < 4.78 is 17.8. The van der Waals surface area contributed by atoms with Crippen LogP contribution < -0.4 is 14.8 Å². The Hall–Kier alpha value is -3.80. The Balaban J connectivity index is 1.31. The van der Waals surface area contributed by atoms with Crippen LogP contribution in [-0.2, 0) is 4.79 Å². The van der Waals surface area contributed by atoms with Crippen molar-refractivity contribution in [3.8, 4) is 28.7 Å². The van der Waals surface area contributed by atoms with Crippen molar-refractivity contribution in [2.45, 2.75) is 32.7 Å². The smallest absolute Gasteiger partial charge is 0.227 e. The number of fused-ring (bicyclic) bond motifs is 1. The van der Waals surface area contributed by atoms with Gasteiger partial charge in [-0.25, -0.2) is 4.98 Å². The fraction of sp³-hybridized carbons (Fsp3) is 0.259. The molecule has 0 bridgehead atoms. The lowest BCUT2D eigenvalue weighted by Gasteiger charge is -2.12. The minimum atomic E-state index is -0.109. The maximum Gasteiger partial charge on any atom is 0.227 e. The average molecular weight is 443 g/mol. The van der Waals surface area contributed by atoms with Crippen molar-refractivity contribution in [3.05, 3.63) is 72.3 Å². The second-order valence-electron chi connectivity index (χ2n) is 8.52. The predicted octanol–water partition coefficient (Wildman–Crippen LogP) is 6.27. The first-order valence-corrected chi connectivity index (χ1v) is 11.2. The first-order valence-electron chi connectivity index (χ1n) is 11.2. The number of hydrogen-bond acceptors (Lipinski definition) is 5. The Morgan fingerprint density at radius 3 is 2.61 bits per heavy atom. The quantitative estimate of drug-likeness (QED) is 0.348. The molecule has 0 spiro atoms. The number of nitrogens with one attached hydrogen (secondary N) is 1. The Kier molecular flexibility index (Phi) is 5.73. The number of benzene rings is 3. The summed E-state index contributed by atoms with van der Waals surface area (Å²) in [5.74, 6) is 3.47. The summed E-state index contributed by atoms with van der Waals surface area (Å²) >= 11 is 0. The molecule has 1 fully saturated rings. The minimum absolute atomic E-state index is 0.0712. The molecule has 0 aliphatic heterocycles. The minimum Gasteiger partial charge on any atom is -0.493 e. The summed E-state index contributed by atoms with van der Waals surface area (Å²) in [4.78, 5) is 16.0. The summed E-state index contributed by atoms with van der Waals surface area (Å²) in [6.45, 7) is 4.24. The monoisotopic (exact) mass is 442 g/mol. The molecule has 1 heterocycles. The van der Waals surface area contributed by atoms with Gasteiger partial charge in [-0.05, 0) is 85.8 Å². The molecular formula is C27H26N2O4. The second kappa shape index (κ2) is 8.98. The van der Waals surface area contributed by atoms with Crippen molar-refractivity contribution in [1.29, 1.82) is 0 Å². The maximum atomic E-state index is 11.4. The van der Waals surface area contributed by atoms with Crippen molar-refractivity contribution in [3.63, 3.8) is 0 Å². The molecule has 1 atom stereocenters. The van der Waals surface area contributed by atoms with Crippen molar-refractivity contribution in [2.24, 2.45) is 5.92 Å². The Labute approximate surface area is 192 Å². The molecule has 1 aliphatic rings. The Morgan fingerprint density at radius 1 is 1.06 bits per heavy atom. The molecule has 1 aromatic heterocycles. The molecular weight excluding hydrogens is 416 g/mol. The zero-order valence-electron chi connectivity index (χ0n) is 18.7. The lowest BCUT2D eigenvalue weighted by atomic mass is 10.1. The zero-order valence-corrected chi connectivity index (χ0v) is 18.7. The van der Waals surface area contributed by atoms with E-state index in [1.165, 1.54) is 19.8 Å². The number of carbonyl (C=O) groups excluding carboxylic acids is 1. The van der Waals surface area contributed by atoms with E-state index in [2.05, 4.69) is 10.3 Å². The van der Waals surface area contributed by atoms with Crippen LogP contribution in [0.25, 0.3) is 22.6 Å². The van der Waals surface area contributed by atoms with Gasteiger partial charge in [0.1, 0.15) is 22.8 Å². The first-order chi connectivity index (χ1) is 16.0. The highest BCUT2D eigenvalue weighted by Crippen LogP contribution is 2.32. The van der Waals surface area contributed by atoms with Gasteiger partial charge in [0.05, 0.1) is 12.6 Å². The standard InChI is InChI=1S/C27H26N2O4/c1-17(28-18(2)30)20-8-13-25-26(15-20)33-27(29-25)21-4-3-5-24(14-21)32-23-11-9-22(10-12-23)31-16-19-6-7-19/h3-5,8-15,17,19H,6-7,16H2,1-2H3,(H,28,30). The molecule has 33 heavy (non-hydrogen) atoms. The largest absolute Gasteiger partial charge is 0.493 e. The Bertz CT molecular complexity index is 1280. The normalized spacial score (nSPS) is 14.1. The number of rotatable bonds is 8. The zero-order chi connectivity index (χ0) is 22.8. The molecule has 1 amide bonds. The summed E-state index contributed by atoms with van der Waals surface area (Å²) in [6, 6.07) is 21.0. The Morgan fingerprint density at radius 2 is 1.85 bits per heavy atom. The summed E-state index contributed by atoms with van der Waals surface area (Å²) in [5, 5.41) is 2.89. The summed E-state index contributed by atoms with van der Waals surface area (Å²) in [6.07, 6.45) is 2.55. The number of carbonyl (C=O) groups is 1. The van der Waals surface area contributed by atoms with Gasteiger partial charge in [0, 0.05) is 12.5 Å². The summed E-state index contributed by atoms with van der Waals surface area (Å²) in [5.41, 5.74) is 3.22. The van der Waals surface area contributed by atoms with E-state index in [0.29, 0.717) is 17.2 Å². The van der Waals surface area contributed by atoms with Crippen molar-refractivity contribution < 1.29 is 18.7 Å². The van der Waals surface area contributed by atoms with Gasteiger partial charge in [-0.1, -0.05) is 12.1 Å². The second-order valence-corrected chi connectivity index (χ2v) is 8.52. The third kappa shape index (κ3) is 5.17. The van der Waals surface area contributed by atoms with Gasteiger partial charge in [0.25, 0.3) is 0 Å². The third-order valence-corrected chi connectivity index (χ3v) is 5.66. The van der Waals surface area contributed by atoms with E-state index in [1.807, 2.05) is 73.7 Å². The van der Waals surface area contributed by atoms with Crippen molar-refractivity contribution in [1.82, 2.24) is 10.3 Å². The van der Waals surface area contributed by atoms with E-state index in [0.717, 1.165) is 40.7 Å².